The smallest absolute Gasteiger partial charge is 0.0929 e. The molecule has 0 aliphatic heterocycles. The summed E-state index contributed by atoms with van der Waals surface area (Å²) < 4.78 is 2.68. The maximum absolute atomic E-state index is 9.58. The summed E-state index contributed by atoms with van der Waals surface area (Å²) in [7, 11) is 0. The lowest BCUT2D eigenvalue weighted by molar-refractivity contribution is 0.274. The van der Waals surface area contributed by atoms with Gasteiger partial charge in [-0.2, -0.15) is 0 Å². The normalized spacial score (nSPS) is 12.2. The predicted octanol–water partition coefficient (Wildman–Crippen LogP) is 4.51. The monoisotopic (exact) mass is 448 g/mol. The predicted molar refractivity (Wildman–Crippen MR) is 87.2 cm³/mol. The number of para-hydroxylation sites is 1. The molecule has 1 aromatic carbocycles. The number of pyridine rings is 1. The van der Waals surface area contributed by atoms with Gasteiger partial charge in [0, 0.05) is 25.3 Å². The Morgan fingerprint density at radius 3 is 2.53 bits per heavy atom. The Labute approximate surface area is 136 Å². The molecular formula is C13H11Br3N2O. The zero-order valence-corrected chi connectivity index (χ0v) is 14.5. The van der Waals surface area contributed by atoms with Crippen molar-refractivity contribution >= 4 is 53.5 Å². The number of hydrogen-bond acceptors (Lipinski definition) is 3. The van der Waals surface area contributed by atoms with Gasteiger partial charge in [-0.15, -0.1) is 0 Å². The quantitative estimate of drug-likeness (QED) is 0.720. The second kappa shape index (κ2) is 6.83. The van der Waals surface area contributed by atoms with E-state index in [1.807, 2.05) is 30.3 Å². The summed E-state index contributed by atoms with van der Waals surface area (Å²) in [6.45, 7) is -0.0471. The summed E-state index contributed by atoms with van der Waals surface area (Å²) in [6.07, 6.45) is 1.71. The Morgan fingerprint density at radius 1 is 1.16 bits per heavy atom. The van der Waals surface area contributed by atoms with E-state index >= 15 is 0 Å². The molecule has 0 saturated heterocycles. The first kappa shape index (κ1) is 15.0. The van der Waals surface area contributed by atoms with E-state index in [0.29, 0.717) is 0 Å². The van der Waals surface area contributed by atoms with Gasteiger partial charge in [-0.05, 0) is 66.0 Å². The molecule has 0 aliphatic rings. The van der Waals surface area contributed by atoms with Crippen molar-refractivity contribution in [3.05, 3.63) is 55.6 Å². The molecule has 1 atom stereocenters. The van der Waals surface area contributed by atoms with Crippen molar-refractivity contribution in [2.24, 2.45) is 0 Å². The van der Waals surface area contributed by atoms with E-state index in [1.165, 1.54) is 0 Å². The number of nitrogens with one attached hydrogen (secondary N) is 1. The third-order valence-corrected chi connectivity index (χ3v) is 4.31. The maximum atomic E-state index is 9.58. The second-order valence-electron chi connectivity index (χ2n) is 3.88. The summed E-state index contributed by atoms with van der Waals surface area (Å²) in [6, 6.07) is 9.40. The Balaban J connectivity index is 2.28. The van der Waals surface area contributed by atoms with Crippen LogP contribution in [0.1, 0.15) is 11.7 Å². The molecule has 100 valence electrons. The molecule has 0 fully saturated rings. The molecule has 0 saturated carbocycles. The van der Waals surface area contributed by atoms with E-state index in [2.05, 4.69) is 58.1 Å². The Hall–Kier alpha value is -0.430. The number of anilines is 1. The molecule has 1 unspecified atom stereocenters. The maximum Gasteiger partial charge on any atom is 0.0929 e. The van der Waals surface area contributed by atoms with Crippen molar-refractivity contribution in [1.29, 1.82) is 0 Å². The van der Waals surface area contributed by atoms with Gasteiger partial charge in [0.25, 0.3) is 0 Å². The molecular weight excluding hydrogens is 440 g/mol. The summed E-state index contributed by atoms with van der Waals surface area (Å²) in [5, 5.41) is 12.8. The van der Waals surface area contributed by atoms with Crippen molar-refractivity contribution in [2.45, 2.75) is 6.04 Å². The fraction of sp³-hybridized carbons (Fsp3) is 0.154. The average molecular weight is 451 g/mol. The lowest BCUT2D eigenvalue weighted by Gasteiger charge is -2.19. The molecule has 2 rings (SSSR count). The van der Waals surface area contributed by atoms with E-state index in [-0.39, 0.29) is 12.6 Å². The van der Waals surface area contributed by atoms with Crippen LogP contribution in [-0.2, 0) is 0 Å². The molecule has 0 spiro atoms. The van der Waals surface area contributed by atoms with E-state index in [0.717, 1.165) is 24.8 Å². The van der Waals surface area contributed by atoms with Gasteiger partial charge in [0.1, 0.15) is 0 Å². The summed E-state index contributed by atoms with van der Waals surface area (Å²) in [5.41, 5.74) is 1.68. The number of nitrogens with zero attached hydrogens (tertiary/aromatic N) is 1. The van der Waals surface area contributed by atoms with Gasteiger partial charge in [-0.1, -0.05) is 12.1 Å². The highest BCUT2D eigenvalue weighted by molar-refractivity contribution is 9.11. The van der Waals surface area contributed by atoms with Crippen molar-refractivity contribution in [3.8, 4) is 0 Å². The Kier molecular flexibility index (Phi) is 5.38. The van der Waals surface area contributed by atoms with Gasteiger partial charge in [0.15, 0.2) is 0 Å². The molecule has 1 heterocycles. The molecule has 6 heteroatoms. The second-order valence-corrected chi connectivity index (χ2v) is 6.50. The van der Waals surface area contributed by atoms with Crippen LogP contribution in [-0.4, -0.2) is 16.7 Å². The van der Waals surface area contributed by atoms with Crippen LogP contribution in [0.3, 0.4) is 0 Å². The summed E-state index contributed by atoms with van der Waals surface area (Å²) in [5.74, 6) is 0. The largest absolute Gasteiger partial charge is 0.394 e. The van der Waals surface area contributed by atoms with Gasteiger partial charge in [0.05, 0.1) is 18.3 Å². The van der Waals surface area contributed by atoms with E-state index in [1.54, 1.807) is 6.20 Å². The van der Waals surface area contributed by atoms with Crippen molar-refractivity contribution < 1.29 is 5.11 Å². The van der Waals surface area contributed by atoms with Crippen LogP contribution in [0, 0.1) is 0 Å². The topological polar surface area (TPSA) is 45.1 Å². The molecule has 0 amide bonds. The van der Waals surface area contributed by atoms with Crippen LogP contribution in [0.4, 0.5) is 5.69 Å². The van der Waals surface area contributed by atoms with Crippen molar-refractivity contribution in [2.75, 3.05) is 11.9 Å². The lowest BCUT2D eigenvalue weighted by Crippen LogP contribution is -2.17. The van der Waals surface area contributed by atoms with Gasteiger partial charge < -0.3 is 10.4 Å². The van der Waals surface area contributed by atoms with Gasteiger partial charge in [0.2, 0.25) is 0 Å². The minimum atomic E-state index is -0.277. The first-order valence-electron chi connectivity index (χ1n) is 5.54. The molecule has 0 aliphatic carbocycles. The molecule has 2 aromatic rings. The molecule has 0 radical (unpaired) electrons. The summed E-state index contributed by atoms with van der Waals surface area (Å²) in [4.78, 5) is 4.34. The molecule has 3 nitrogen and oxygen atoms in total. The number of halogens is 3. The Bertz CT molecular complexity index is 578. The fourth-order valence-corrected chi connectivity index (χ4v) is 3.31. The molecule has 19 heavy (non-hydrogen) atoms. The standard InChI is InChI=1S/C13H11Br3N2O/c14-8-5-10(16)13(17-6-8)12(7-19)18-11-4-2-1-3-9(11)15/h1-6,12,18-19H,7H2. The first-order chi connectivity index (χ1) is 9.11. The number of aliphatic hydroxyl groups excluding tert-OH is 1. The van der Waals surface area contributed by atoms with Gasteiger partial charge in [-0.25, -0.2) is 0 Å². The highest BCUT2D eigenvalue weighted by Crippen LogP contribution is 2.29. The van der Waals surface area contributed by atoms with Crippen LogP contribution in [0.25, 0.3) is 0 Å². The van der Waals surface area contributed by atoms with Crippen LogP contribution < -0.4 is 5.32 Å². The number of aromatic nitrogens is 1. The first-order valence-corrected chi connectivity index (χ1v) is 7.92. The molecule has 0 bridgehead atoms. The minimum absolute atomic E-state index is 0.0471. The van der Waals surface area contributed by atoms with Crippen LogP contribution in [0.2, 0.25) is 0 Å². The van der Waals surface area contributed by atoms with Crippen molar-refractivity contribution in [1.82, 2.24) is 4.98 Å². The number of rotatable bonds is 4. The average Bonchev–Trinajstić information content (AvgIpc) is 2.39. The fourth-order valence-electron chi connectivity index (χ4n) is 1.65. The van der Waals surface area contributed by atoms with Crippen LogP contribution in [0.5, 0.6) is 0 Å². The lowest BCUT2D eigenvalue weighted by atomic mass is 10.2. The number of benzene rings is 1. The van der Waals surface area contributed by atoms with E-state index in [9.17, 15) is 5.11 Å². The zero-order chi connectivity index (χ0) is 13.8. The third-order valence-electron chi connectivity index (χ3n) is 2.55. The Morgan fingerprint density at radius 2 is 1.89 bits per heavy atom. The van der Waals surface area contributed by atoms with Gasteiger partial charge in [-0.3, -0.25) is 4.98 Å². The molecule has 2 N–H and O–H groups in total. The van der Waals surface area contributed by atoms with Crippen LogP contribution >= 0.6 is 47.8 Å². The van der Waals surface area contributed by atoms with E-state index < -0.39 is 0 Å². The van der Waals surface area contributed by atoms with E-state index in [4.69, 9.17) is 0 Å². The number of hydrogen-bond donors (Lipinski definition) is 2. The highest BCUT2D eigenvalue weighted by Gasteiger charge is 2.16. The van der Waals surface area contributed by atoms with Crippen LogP contribution in [0.15, 0.2) is 49.9 Å². The van der Waals surface area contributed by atoms with Crippen molar-refractivity contribution in [3.63, 3.8) is 0 Å². The minimum Gasteiger partial charge on any atom is -0.394 e. The summed E-state index contributed by atoms with van der Waals surface area (Å²) >= 11 is 10.3. The zero-order valence-electron chi connectivity index (χ0n) is 9.78. The van der Waals surface area contributed by atoms with Gasteiger partial charge >= 0.3 is 0 Å². The number of aliphatic hydroxyl groups is 1. The third kappa shape index (κ3) is 3.78. The SMILES string of the molecule is OCC(Nc1ccccc1Br)c1ncc(Br)cc1Br. The molecule has 1 aromatic heterocycles. The highest BCUT2D eigenvalue weighted by atomic mass is 79.9.